The fraction of sp³-hybridized carbons (Fsp3) is 0.375. The molecule has 0 fully saturated rings. The second kappa shape index (κ2) is 9.84. The Morgan fingerprint density at radius 1 is 1.18 bits per heavy atom. The van der Waals surface area contributed by atoms with Gasteiger partial charge in [-0.15, -0.1) is 0 Å². The Labute approximate surface area is 200 Å². The Kier molecular flexibility index (Phi) is 7.30. The molecule has 0 radical (unpaired) electrons. The van der Waals surface area contributed by atoms with Gasteiger partial charge in [-0.05, 0) is 69.4 Å². The molecule has 10 heteroatoms. The Morgan fingerprint density at radius 3 is 2.50 bits per heavy atom. The minimum absolute atomic E-state index is 0.0996. The second-order valence-electron chi connectivity index (χ2n) is 8.57. The van der Waals surface area contributed by atoms with Crippen molar-refractivity contribution in [2.45, 2.75) is 45.4 Å². The van der Waals surface area contributed by atoms with Crippen molar-refractivity contribution in [2.24, 2.45) is 7.05 Å². The van der Waals surface area contributed by atoms with Crippen LogP contribution in [0.25, 0.3) is 0 Å². The van der Waals surface area contributed by atoms with Gasteiger partial charge in [0.15, 0.2) is 5.82 Å². The average Bonchev–Trinajstić information content (AvgIpc) is 3.00. The van der Waals surface area contributed by atoms with E-state index >= 15 is 0 Å². The van der Waals surface area contributed by atoms with Crippen LogP contribution in [0, 0.1) is 27.7 Å². The smallest absolute Gasteiger partial charge is 0.337 e. The molecule has 0 aliphatic rings. The van der Waals surface area contributed by atoms with E-state index in [1.807, 2.05) is 43.5 Å². The van der Waals surface area contributed by atoms with E-state index in [0.29, 0.717) is 17.9 Å². The first-order valence-electron chi connectivity index (χ1n) is 10.9. The number of aryl methyl sites for hydroxylation is 4. The first-order chi connectivity index (χ1) is 15.9. The third-order valence-electron chi connectivity index (χ3n) is 5.93. The molecule has 2 heterocycles. The summed E-state index contributed by atoms with van der Waals surface area (Å²) in [5.41, 5.74) is 4.73. The molecule has 0 saturated carbocycles. The molecule has 0 amide bonds. The summed E-state index contributed by atoms with van der Waals surface area (Å²) in [6.45, 7) is 8.14. The summed E-state index contributed by atoms with van der Waals surface area (Å²) in [6.07, 6.45) is 2.83. The van der Waals surface area contributed by atoms with E-state index in [0.717, 1.165) is 29.8 Å². The van der Waals surface area contributed by atoms with Gasteiger partial charge in [0.05, 0.1) is 21.8 Å². The number of carboxylic acid groups (broad SMARTS) is 1. The lowest BCUT2D eigenvalue weighted by Gasteiger charge is -2.22. The Bertz CT molecular complexity index is 1330. The van der Waals surface area contributed by atoms with Crippen molar-refractivity contribution in [2.75, 3.05) is 23.2 Å². The monoisotopic (exact) mass is 485 g/mol. The summed E-state index contributed by atoms with van der Waals surface area (Å²) < 4.78 is 30.8. The Balaban J connectivity index is 1.87. The molecule has 0 spiro atoms. The largest absolute Gasteiger partial charge is 0.478 e. The number of aromatic carboxylic acids is 1. The van der Waals surface area contributed by atoms with Gasteiger partial charge in [0.1, 0.15) is 0 Å². The van der Waals surface area contributed by atoms with Crippen LogP contribution in [0.1, 0.15) is 44.9 Å². The van der Waals surface area contributed by atoms with Gasteiger partial charge in [-0.1, -0.05) is 12.1 Å². The number of sulfonamides is 1. The molecule has 0 aliphatic carbocycles. The molecule has 2 aromatic heterocycles. The van der Waals surface area contributed by atoms with Gasteiger partial charge in [0.25, 0.3) is 10.0 Å². The third kappa shape index (κ3) is 5.39. The first kappa shape index (κ1) is 25.2. The van der Waals surface area contributed by atoms with Crippen LogP contribution in [0.5, 0.6) is 0 Å². The van der Waals surface area contributed by atoms with Gasteiger partial charge in [-0.25, -0.2) is 18.2 Å². The molecule has 9 nitrogen and oxygen atoms in total. The molecule has 3 rings (SSSR count). The number of pyridine rings is 1. The van der Waals surface area contributed by atoms with E-state index < -0.39 is 16.0 Å². The molecule has 0 atom stereocenters. The number of carboxylic acids is 1. The van der Waals surface area contributed by atoms with Crippen LogP contribution >= 0.6 is 0 Å². The lowest BCUT2D eigenvalue weighted by atomic mass is 10.1. The SMILES string of the molecule is Cc1ccc(C)c(S(=O)(=O)Nc2cc(C(=O)O)cnc2N(C)CCCc2c(C)nn(C)c2C)c1. The lowest BCUT2D eigenvalue weighted by Crippen LogP contribution is -2.24. The number of benzene rings is 1. The van der Waals surface area contributed by atoms with Gasteiger partial charge in [0, 0.05) is 32.5 Å². The fourth-order valence-electron chi connectivity index (χ4n) is 3.93. The van der Waals surface area contributed by atoms with Crippen LogP contribution in [-0.2, 0) is 23.5 Å². The predicted molar refractivity (Wildman–Crippen MR) is 132 cm³/mol. The number of nitrogens with zero attached hydrogens (tertiary/aromatic N) is 4. The van der Waals surface area contributed by atoms with Crippen LogP contribution in [-0.4, -0.2) is 47.9 Å². The highest BCUT2D eigenvalue weighted by Crippen LogP contribution is 2.28. The quantitative estimate of drug-likeness (QED) is 0.475. The maximum absolute atomic E-state index is 13.2. The highest BCUT2D eigenvalue weighted by atomic mass is 32.2. The van der Waals surface area contributed by atoms with E-state index in [1.54, 1.807) is 26.1 Å². The van der Waals surface area contributed by atoms with E-state index in [9.17, 15) is 18.3 Å². The molecule has 0 bridgehead atoms. The molecular formula is C24H31N5O4S. The number of hydrogen-bond donors (Lipinski definition) is 2. The summed E-state index contributed by atoms with van der Waals surface area (Å²) in [5.74, 6) is -0.824. The molecule has 0 aliphatic heterocycles. The highest BCUT2D eigenvalue weighted by Gasteiger charge is 2.22. The molecular weight excluding hydrogens is 454 g/mol. The summed E-state index contributed by atoms with van der Waals surface area (Å²) >= 11 is 0. The average molecular weight is 486 g/mol. The second-order valence-corrected chi connectivity index (χ2v) is 10.2. The molecule has 3 aromatic rings. The zero-order valence-corrected chi connectivity index (χ0v) is 21.2. The Morgan fingerprint density at radius 2 is 1.88 bits per heavy atom. The number of nitrogens with one attached hydrogen (secondary N) is 1. The van der Waals surface area contributed by atoms with Crippen molar-refractivity contribution in [1.29, 1.82) is 0 Å². The van der Waals surface area contributed by atoms with Crippen molar-refractivity contribution in [3.63, 3.8) is 0 Å². The number of hydrogen-bond acceptors (Lipinski definition) is 6. The van der Waals surface area contributed by atoms with Crippen LogP contribution in [0.3, 0.4) is 0 Å². The summed E-state index contributed by atoms with van der Waals surface area (Å²) in [5, 5.41) is 13.9. The molecule has 1 aromatic carbocycles. The van der Waals surface area contributed by atoms with Gasteiger partial charge in [-0.3, -0.25) is 9.40 Å². The van der Waals surface area contributed by atoms with Crippen molar-refractivity contribution in [1.82, 2.24) is 14.8 Å². The van der Waals surface area contributed by atoms with Gasteiger partial charge < -0.3 is 10.0 Å². The normalized spacial score (nSPS) is 11.5. The van der Waals surface area contributed by atoms with Crippen molar-refractivity contribution in [3.8, 4) is 0 Å². The number of aromatic nitrogens is 3. The van der Waals surface area contributed by atoms with Crippen LogP contribution < -0.4 is 9.62 Å². The van der Waals surface area contributed by atoms with Crippen molar-refractivity contribution < 1.29 is 18.3 Å². The zero-order valence-electron chi connectivity index (χ0n) is 20.4. The first-order valence-corrected chi connectivity index (χ1v) is 12.4. The molecule has 182 valence electrons. The summed E-state index contributed by atoms with van der Waals surface area (Å²) in [7, 11) is -0.234. The third-order valence-corrected chi connectivity index (χ3v) is 7.44. The molecule has 34 heavy (non-hydrogen) atoms. The van der Waals surface area contributed by atoms with Crippen LogP contribution in [0.2, 0.25) is 0 Å². The topological polar surface area (TPSA) is 117 Å². The van der Waals surface area contributed by atoms with Gasteiger partial charge in [-0.2, -0.15) is 5.10 Å². The summed E-state index contributed by atoms with van der Waals surface area (Å²) in [6, 6.07) is 6.48. The maximum Gasteiger partial charge on any atom is 0.337 e. The predicted octanol–water partition coefficient (Wildman–Crippen LogP) is 3.62. The number of anilines is 2. The fourth-order valence-corrected chi connectivity index (χ4v) is 5.31. The number of rotatable bonds is 9. The van der Waals surface area contributed by atoms with Crippen molar-refractivity contribution >= 4 is 27.5 Å². The van der Waals surface area contributed by atoms with E-state index in [2.05, 4.69) is 14.8 Å². The standard InChI is InChI=1S/C24H31N5O4S/c1-15-9-10-16(2)22(12-15)34(32,33)27-21-13-19(24(30)31)14-25-23(21)28(5)11-7-8-20-17(3)26-29(6)18(20)4/h9-10,12-14,27H,7-8,11H2,1-6H3,(H,30,31). The van der Waals surface area contributed by atoms with Crippen LogP contribution in [0.15, 0.2) is 35.4 Å². The Hall–Kier alpha value is -3.40. The summed E-state index contributed by atoms with van der Waals surface area (Å²) in [4.78, 5) is 17.8. The van der Waals surface area contributed by atoms with E-state index in [1.165, 1.54) is 17.8 Å². The number of carbonyl (C=O) groups is 1. The van der Waals surface area contributed by atoms with E-state index in [-0.39, 0.29) is 16.1 Å². The minimum atomic E-state index is -3.96. The molecule has 0 saturated heterocycles. The van der Waals surface area contributed by atoms with E-state index in [4.69, 9.17) is 0 Å². The zero-order chi connectivity index (χ0) is 25.2. The highest BCUT2D eigenvalue weighted by molar-refractivity contribution is 7.92. The minimum Gasteiger partial charge on any atom is -0.478 e. The molecule has 0 unspecified atom stereocenters. The maximum atomic E-state index is 13.2. The lowest BCUT2D eigenvalue weighted by molar-refractivity contribution is 0.0696. The van der Waals surface area contributed by atoms with Gasteiger partial charge >= 0.3 is 5.97 Å². The van der Waals surface area contributed by atoms with Crippen molar-refractivity contribution in [3.05, 3.63) is 64.1 Å². The van der Waals surface area contributed by atoms with Gasteiger partial charge in [0.2, 0.25) is 0 Å². The molecule has 2 N–H and O–H groups in total. The van der Waals surface area contributed by atoms with Crippen LogP contribution in [0.4, 0.5) is 11.5 Å².